The number of aliphatic hydroxyl groups excluding tert-OH is 1. The van der Waals surface area contributed by atoms with Crippen LogP contribution in [-0.4, -0.2) is 65.0 Å². The first-order chi connectivity index (χ1) is 13.6. The maximum atomic E-state index is 11.4. The summed E-state index contributed by atoms with van der Waals surface area (Å²) in [6, 6.07) is 0.233. The van der Waals surface area contributed by atoms with Crippen molar-refractivity contribution in [3.63, 3.8) is 0 Å². The van der Waals surface area contributed by atoms with Crippen molar-refractivity contribution in [2.24, 2.45) is 4.99 Å². The average Bonchev–Trinajstić information content (AvgIpc) is 3.08. The van der Waals surface area contributed by atoms with Gasteiger partial charge in [-0.3, -0.25) is 4.98 Å². The molecule has 0 bridgehead atoms. The molecule has 4 heterocycles. The van der Waals surface area contributed by atoms with Gasteiger partial charge >= 0.3 is 5.69 Å². The van der Waals surface area contributed by atoms with Crippen LogP contribution in [0, 0.1) is 0 Å². The Morgan fingerprint density at radius 3 is 2.86 bits per heavy atom. The molecule has 28 heavy (non-hydrogen) atoms. The standard InChI is InChI=1S/C17H20N8O3/c26-8-11-2-1-5-24(11)15-21-13-9(6-12-14(27)22-17(28)20-12)7-18-25(13)16(23-15)19-10-3-4-10/h6-7,10-11,26-27H,1-5,8H2,(H2,20,22,28)/t11-/m0/s1. The highest BCUT2D eigenvalue weighted by Crippen LogP contribution is 2.23. The molecule has 0 aromatic carbocycles. The highest BCUT2D eigenvalue weighted by Gasteiger charge is 2.27. The molecule has 3 aromatic heterocycles. The SMILES string of the molecule is O=c1[nH]c(O)c(C=c2cnn3c(=NC4CC4)nc(N4CCC[C@H]4CO)nc23)[nH]1. The molecule has 11 heteroatoms. The van der Waals surface area contributed by atoms with Gasteiger partial charge in [0.2, 0.25) is 11.8 Å². The minimum Gasteiger partial charge on any atom is -0.493 e. The third-order valence-electron chi connectivity index (χ3n) is 5.09. The van der Waals surface area contributed by atoms with Gasteiger partial charge < -0.3 is 20.1 Å². The summed E-state index contributed by atoms with van der Waals surface area (Å²) in [5.74, 6) is 0.256. The lowest BCUT2D eigenvalue weighted by Gasteiger charge is -2.22. The number of imidazole rings is 1. The molecule has 1 atom stereocenters. The molecule has 0 unspecified atom stereocenters. The number of nitrogens with zero attached hydrogens (tertiary/aromatic N) is 6. The highest BCUT2D eigenvalue weighted by molar-refractivity contribution is 5.57. The van der Waals surface area contributed by atoms with Crippen LogP contribution >= 0.6 is 0 Å². The predicted molar refractivity (Wildman–Crippen MR) is 98.7 cm³/mol. The van der Waals surface area contributed by atoms with Crippen molar-refractivity contribution in [1.82, 2.24) is 29.5 Å². The largest absolute Gasteiger partial charge is 0.493 e. The molecule has 1 aliphatic heterocycles. The summed E-state index contributed by atoms with van der Waals surface area (Å²) in [7, 11) is 0. The quantitative estimate of drug-likeness (QED) is 0.424. The molecule has 146 valence electrons. The third-order valence-corrected chi connectivity index (χ3v) is 5.09. The van der Waals surface area contributed by atoms with Crippen LogP contribution in [0.3, 0.4) is 0 Å². The van der Waals surface area contributed by atoms with E-state index in [4.69, 9.17) is 0 Å². The van der Waals surface area contributed by atoms with Gasteiger partial charge in [-0.15, -0.1) is 0 Å². The van der Waals surface area contributed by atoms with Crippen LogP contribution in [0.5, 0.6) is 5.88 Å². The minimum atomic E-state index is -0.497. The van der Waals surface area contributed by atoms with E-state index in [0.29, 0.717) is 22.4 Å². The summed E-state index contributed by atoms with van der Waals surface area (Å²) in [5, 5.41) is 24.5. The Bertz CT molecular complexity index is 1210. The third kappa shape index (κ3) is 2.93. The van der Waals surface area contributed by atoms with Gasteiger partial charge in [0.25, 0.3) is 5.62 Å². The second kappa shape index (κ2) is 6.44. The van der Waals surface area contributed by atoms with Crippen LogP contribution in [0.25, 0.3) is 11.7 Å². The predicted octanol–water partition coefficient (Wildman–Crippen LogP) is -1.58. The first kappa shape index (κ1) is 16.9. The lowest BCUT2D eigenvalue weighted by atomic mass is 10.2. The van der Waals surface area contributed by atoms with Gasteiger partial charge in [-0.25, -0.2) is 9.79 Å². The Kier molecular flexibility index (Phi) is 3.90. The molecule has 0 radical (unpaired) electrons. The van der Waals surface area contributed by atoms with Crippen molar-refractivity contribution >= 4 is 17.7 Å². The summed E-state index contributed by atoms with van der Waals surface area (Å²) in [4.78, 5) is 32.1. The Labute approximate surface area is 158 Å². The van der Waals surface area contributed by atoms with E-state index >= 15 is 0 Å². The fraction of sp³-hybridized carbons (Fsp3) is 0.471. The normalized spacial score (nSPS) is 21.3. The van der Waals surface area contributed by atoms with Gasteiger partial charge in [-0.05, 0) is 31.8 Å². The number of hydrogen-bond acceptors (Lipinski definition) is 8. The lowest BCUT2D eigenvalue weighted by molar-refractivity contribution is 0.265. The van der Waals surface area contributed by atoms with Gasteiger partial charge in [0.1, 0.15) is 5.69 Å². The van der Waals surface area contributed by atoms with Crippen LogP contribution < -0.4 is 21.4 Å². The zero-order valence-electron chi connectivity index (χ0n) is 15.0. The number of anilines is 1. The number of fused-ring (bicyclic) bond motifs is 1. The van der Waals surface area contributed by atoms with E-state index in [9.17, 15) is 15.0 Å². The molecular formula is C17H20N8O3. The molecule has 0 spiro atoms. The number of aromatic amines is 2. The number of hydrogen-bond donors (Lipinski definition) is 4. The molecule has 0 amide bonds. The van der Waals surface area contributed by atoms with E-state index in [-0.39, 0.29) is 30.3 Å². The van der Waals surface area contributed by atoms with E-state index in [1.54, 1.807) is 16.8 Å². The smallest absolute Gasteiger partial charge is 0.326 e. The van der Waals surface area contributed by atoms with Crippen molar-refractivity contribution in [3.05, 3.63) is 33.2 Å². The summed E-state index contributed by atoms with van der Waals surface area (Å²) >= 11 is 0. The first-order valence-corrected chi connectivity index (χ1v) is 9.32. The maximum absolute atomic E-state index is 11.4. The van der Waals surface area contributed by atoms with Gasteiger partial charge in [-0.1, -0.05) is 0 Å². The van der Waals surface area contributed by atoms with E-state index in [2.05, 4.69) is 30.0 Å². The monoisotopic (exact) mass is 384 g/mol. The molecule has 1 saturated heterocycles. The Morgan fingerprint density at radius 2 is 2.14 bits per heavy atom. The fourth-order valence-electron chi connectivity index (χ4n) is 3.49. The van der Waals surface area contributed by atoms with Gasteiger partial charge in [0, 0.05) is 11.8 Å². The topological polar surface area (TPSA) is 148 Å². The minimum absolute atomic E-state index is 0.0170. The van der Waals surface area contributed by atoms with Crippen molar-refractivity contribution in [2.45, 2.75) is 37.8 Å². The molecule has 2 aliphatic rings. The molecule has 4 N–H and O–H groups in total. The maximum Gasteiger partial charge on any atom is 0.326 e. The number of aliphatic hydroxyl groups is 1. The van der Waals surface area contributed by atoms with Gasteiger partial charge in [-0.2, -0.15) is 19.6 Å². The van der Waals surface area contributed by atoms with Crippen molar-refractivity contribution in [1.29, 1.82) is 0 Å². The highest BCUT2D eigenvalue weighted by atomic mass is 16.3. The van der Waals surface area contributed by atoms with Gasteiger partial charge in [0.15, 0.2) is 5.65 Å². The fourth-order valence-corrected chi connectivity index (χ4v) is 3.49. The molecule has 11 nitrogen and oxygen atoms in total. The second-order valence-electron chi connectivity index (χ2n) is 7.18. The van der Waals surface area contributed by atoms with Crippen LogP contribution in [0.15, 0.2) is 16.0 Å². The number of aromatic nitrogens is 6. The molecule has 2 fully saturated rings. The van der Waals surface area contributed by atoms with Crippen LogP contribution in [0.4, 0.5) is 5.95 Å². The summed E-state index contributed by atoms with van der Waals surface area (Å²) in [6.45, 7) is 0.809. The Morgan fingerprint density at radius 1 is 1.29 bits per heavy atom. The van der Waals surface area contributed by atoms with Crippen LogP contribution in [0.1, 0.15) is 31.4 Å². The van der Waals surface area contributed by atoms with Crippen LogP contribution in [-0.2, 0) is 0 Å². The number of aromatic hydroxyl groups is 1. The molecular weight excluding hydrogens is 364 g/mol. The van der Waals surface area contributed by atoms with E-state index in [1.807, 2.05) is 4.90 Å². The number of H-pyrrole nitrogens is 2. The summed E-state index contributed by atoms with van der Waals surface area (Å²) in [5.41, 5.74) is 0.741. The number of rotatable bonds is 4. The van der Waals surface area contributed by atoms with Crippen molar-refractivity contribution in [2.75, 3.05) is 18.1 Å². The lowest BCUT2D eigenvalue weighted by Crippen LogP contribution is -2.36. The zero-order chi connectivity index (χ0) is 19.3. The molecule has 5 rings (SSSR count). The van der Waals surface area contributed by atoms with E-state index in [0.717, 1.165) is 32.2 Å². The zero-order valence-corrected chi connectivity index (χ0v) is 15.0. The van der Waals surface area contributed by atoms with Crippen molar-refractivity contribution < 1.29 is 10.2 Å². The Hall–Kier alpha value is -3.21. The molecule has 1 saturated carbocycles. The van der Waals surface area contributed by atoms with Crippen molar-refractivity contribution in [3.8, 4) is 5.88 Å². The summed E-state index contributed by atoms with van der Waals surface area (Å²) in [6.07, 6.45) is 7.10. The molecule has 1 aliphatic carbocycles. The van der Waals surface area contributed by atoms with E-state index < -0.39 is 5.69 Å². The molecule has 3 aromatic rings. The average molecular weight is 384 g/mol. The second-order valence-corrected chi connectivity index (χ2v) is 7.18. The Balaban J connectivity index is 1.72. The van der Waals surface area contributed by atoms with Crippen LogP contribution in [0.2, 0.25) is 0 Å². The first-order valence-electron chi connectivity index (χ1n) is 9.32. The number of nitrogens with one attached hydrogen (secondary N) is 2. The van der Waals surface area contributed by atoms with Gasteiger partial charge in [0.05, 0.1) is 24.9 Å². The summed E-state index contributed by atoms with van der Waals surface area (Å²) < 4.78 is 1.57. The van der Waals surface area contributed by atoms with E-state index in [1.165, 1.54) is 0 Å².